The number of nitrogens with one attached hydrogen (secondary N) is 2. The summed E-state index contributed by atoms with van der Waals surface area (Å²) >= 11 is 0. The van der Waals surface area contributed by atoms with Crippen LogP contribution in [0.4, 0.5) is 4.39 Å². The molecular formula is C20H22FN5O. The second kappa shape index (κ2) is 6.64. The largest absolute Gasteiger partial charge is 0.348 e. The Morgan fingerprint density at radius 3 is 2.70 bits per heavy atom. The van der Waals surface area contributed by atoms with Gasteiger partial charge in [-0.25, -0.2) is 4.39 Å². The molecule has 1 amide bonds. The molecule has 6 nitrogen and oxygen atoms in total. The van der Waals surface area contributed by atoms with Crippen LogP contribution in [-0.2, 0) is 7.05 Å². The Hall–Kier alpha value is -2.96. The number of nitrogens with zero attached hydrogens (tertiary/aromatic N) is 3. The molecule has 2 heterocycles. The average molecular weight is 367 g/mol. The Morgan fingerprint density at radius 2 is 2.04 bits per heavy atom. The fraction of sp³-hybridized carbons (Fsp3) is 0.350. The maximum Gasteiger partial charge on any atom is 0.269 e. The molecule has 1 saturated carbocycles. The average Bonchev–Trinajstić information content (AvgIpc) is 3.16. The third kappa shape index (κ3) is 3.13. The van der Waals surface area contributed by atoms with E-state index < -0.39 is 0 Å². The fourth-order valence-corrected chi connectivity index (χ4v) is 3.77. The van der Waals surface area contributed by atoms with Crippen LogP contribution in [0, 0.1) is 19.7 Å². The number of rotatable bonds is 4. The quantitative estimate of drug-likeness (QED) is 0.743. The number of aromatic amines is 1. The van der Waals surface area contributed by atoms with E-state index in [-0.39, 0.29) is 23.7 Å². The van der Waals surface area contributed by atoms with Crippen LogP contribution in [-0.4, -0.2) is 31.9 Å². The molecule has 0 saturated heterocycles. The van der Waals surface area contributed by atoms with Crippen molar-refractivity contribution >= 4 is 5.91 Å². The predicted octanol–water partition coefficient (Wildman–Crippen LogP) is 3.24. The number of carbonyl (C=O) groups excluding carboxylic acids is 1. The second-order valence-corrected chi connectivity index (χ2v) is 7.20. The van der Waals surface area contributed by atoms with Gasteiger partial charge in [-0.1, -0.05) is 18.2 Å². The lowest BCUT2D eigenvalue weighted by Gasteiger charge is -2.36. The van der Waals surface area contributed by atoms with Crippen LogP contribution in [0.25, 0.3) is 11.3 Å². The summed E-state index contributed by atoms with van der Waals surface area (Å²) in [4.78, 5) is 12.5. The van der Waals surface area contributed by atoms with Gasteiger partial charge in [0.15, 0.2) is 0 Å². The molecule has 0 spiro atoms. The van der Waals surface area contributed by atoms with Crippen LogP contribution >= 0.6 is 0 Å². The number of aromatic nitrogens is 4. The number of benzene rings is 1. The van der Waals surface area contributed by atoms with E-state index in [4.69, 9.17) is 0 Å². The fourth-order valence-electron chi connectivity index (χ4n) is 3.77. The summed E-state index contributed by atoms with van der Waals surface area (Å²) < 4.78 is 15.6. The highest BCUT2D eigenvalue weighted by molar-refractivity contribution is 5.93. The Morgan fingerprint density at radius 1 is 1.30 bits per heavy atom. The summed E-state index contributed by atoms with van der Waals surface area (Å²) in [5, 5.41) is 14.5. The number of hydrogen-bond donors (Lipinski definition) is 2. The van der Waals surface area contributed by atoms with E-state index >= 15 is 0 Å². The summed E-state index contributed by atoms with van der Waals surface area (Å²) in [6, 6.07) is 8.64. The van der Waals surface area contributed by atoms with Crippen molar-refractivity contribution in [3.8, 4) is 11.3 Å². The summed E-state index contributed by atoms with van der Waals surface area (Å²) in [6.45, 7) is 3.90. The summed E-state index contributed by atoms with van der Waals surface area (Å²) in [7, 11) is 1.88. The molecule has 0 aliphatic heterocycles. The van der Waals surface area contributed by atoms with Gasteiger partial charge in [0.25, 0.3) is 5.91 Å². The first kappa shape index (κ1) is 17.5. The van der Waals surface area contributed by atoms with E-state index in [1.165, 1.54) is 6.07 Å². The maximum absolute atomic E-state index is 13.8. The SMILES string of the molecule is Cc1nn(C)c(C)c1-c1cc(C(=O)NC2CC(c3ccccc3F)C2)[nH]n1. The molecule has 2 N–H and O–H groups in total. The van der Waals surface area contributed by atoms with Gasteiger partial charge in [0.05, 0.1) is 11.4 Å². The van der Waals surface area contributed by atoms with E-state index in [2.05, 4.69) is 20.6 Å². The Labute approximate surface area is 156 Å². The monoisotopic (exact) mass is 367 g/mol. The molecule has 27 heavy (non-hydrogen) atoms. The lowest BCUT2D eigenvalue weighted by atomic mass is 9.75. The van der Waals surface area contributed by atoms with Crippen molar-refractivity contribution in [1.29, 1.82) is 0 Å². The molecule has 2 aromatic heterocycles. The molecule has 1 aromatic carbocycles. The third-order valence-electron chi connectivity index (χ3n) is 5.41. The zero-order valence-electron chi connectivity index (χ0n) is 15.6. The molecule has 7 heteroatoms. The van der Waals surface area contributed by atoms with Gasteiger partial charge in [0.1, 0.15) is 11.5 Å². The van der Waals surface area contributed by atoms with Gasteiger partial charge >= 0.3 is 0 Å². The first-order valence-corrected chi connectivity index (χ1v) is 9.05. The standard InChI is InChI=1S/C20H22FN5O/c1-11-19(12(2)26(3)25-11)17-10-18(24-23-17)20(27)22-14-8-13(9-14)15-6-4-5-7-16(15)21/h4-7,10,13-14H,8-9H2,1-3H3,(H,22,27)(H,23,24). The van der Waals surface area contributed by atoms with Crippen molar-refractivity contribution in [3.05, 3.63) is 58.8 Å². The van der Waals surface area contributed by atoms with Crippen LogP contribution in [0.3, 0.4) is 0 Å². The molecular weight excluding hydrogens is 345 g/mol. The lowest BCUT2D eigenvalue weighted by Crippen LogP contribution is -2.43. The minimum Gasteiger partial charge on any atom is -0.348 e. The maximum atomic E-state index is 13.8. The number of halogens is 1. The van der Waals surface area contributed by atoms with Crippen LogP contribution in [0.2, 0.25) is 0 Å². The van der Waals surface area contributed by atoms with Crippen LogP contribution in [0.5, 0.6) is 0 Å². The normalized spacial score (nSPS) is 19.0. The van der Waals surface area contributed by atoms with E-state index in [1.54, 1.807) is 16.8 Å². The minimum atomic E-state index is -0.190. The second-order valence-electron chi connectivity index (χ2n) is 7.20. The van der Waals surface area contributed by atoms with Crippen molar-refractivity contribution in [2.75, 3.05) is 0 Å². The molecule has 0 unspecified atom stereocenters. The van der Waals surface area contributed by atoms with Crippen molar-refractivity contribution in [1.82, 2.24) is 25.3 Å². The zero-order valence-corrected chi connectivity index (χ0v) is 15.6. The first-order chi connectivity index (χ1) is 12.9. The summed E-state index contributed by atoms with van der Waals surface area (Å²) in [6.07, 6.45) is 1.49. The highest BCUT2D eigenvalue weighted by Crippen LogP contribution is 2.38. The number of hydrogen-bond acceptors (Lipinski definition) is 3. The Kier molecular flexibility index (Phi) is 4.30. The molecule has 1 fully saturated rings. The van der Waals surface area contributed by atoms with Gasteiger partial charge < -0.3 is 5.32 Å². The summed E-state index contributed by atoms with van der Waals surface area (Å²) in [5.41, 5.74) is 4.67. The number of carbonyl (C=O) groups is 1. The molecule has 0 atom stereocenters. The van der Waals surface area contributed by atoms with Gasteiger partial charge in [0.2, 0.25) is 0 Å². The topological polar surface area (TPSA) is 75.6 Å². The lowest BCUT2D eigenvalue weighted by molar-refractivity contribution is 0.0903. The van der Waals surface area contributed by atoms with Gasteiger partial charge in [-0.2, -0.15) is 10.2 Å². The number of H-pyrrole nitrogens is 1. The predicted molar refractivity (Wildman–Crippen MR) is 99.9 cm³/mol. The number of amides is 1. The van der Waals surface area contributed by atoms with Crippen LogP contribution in [0.1, 0.15) is 46.2 Å². The van der Waals surface area contributed by atoms with Crippen molar-refractivity contribution < 1.29 is 9.18 Å². The van der Waals surface area contributed by atoms with Crippen molar-refractivity contribution in [3.63, 3.8) is 0 Å². The smallest absolute Gasteiger partial charge is 0.269 e. The van der Waals surface area contributed by atoms with Gasteiger partial charge in [-0.05, 0) is 50.3 Å². The molecule has 4 rings (SSSR count). The third-order valence-corrected chi connectivity index (χ3v) is 5.41. The Bertz CT molecular complexity index is 1000. The molecule has 3 aromatic rings. The van der Waals surface area contributed by atoms with Crippen molar-refractivity contribution in [2.24, 2.45) is 7.05 Å². The molecule has 0 bridgehead atoms. The van der Waals surface area contributed by atoms with Gasteiger partial charge in [0, 0.05) is 24.3 Å². The van der Waals surface area contributed by atoms with Crippen LogP contribution in [0.15, 0.2) is 30.3 Å². The van der Waals surface area contributed by atoms with E-state index in [1.807, 2.05) is 33.0 Å². The minimum absolute atomic E-state index is 0.0516. The van der Waals surface area contributed by atoms with Crippen molar-refractivity contribution in [2.45, 2.75) is 38.6 Å². The van der Waals surface area contributed by atoms with Crippen LogP contribution < -0.4 is 5.32 Å². The highest BCUT2D eigenvalue weighted by atomic mass is 19.1. The Balaban J connectivity index is 1.41. The molecule has 0 radical (unpaired) electrons. The molecule has 140 valence electrons. The molecule has 1 aliphatic rings. The van der Waals surface area contributed by atoms with Gasteiger partial charge in [-0.15, -0.1) is 0 Å². The van der Waals surface area contributed by atoms with E-state index in [9.17, 15) is 9.18 Å². The van der Waals surface area contributed by atoms with Gasteiger partial charge in [-0.3, -0.25) is 14.6 Å². The van der Waals surface area contributed by atoms with E-state index in [0.29, 0.717) is 11.4 Å². The zero-order chi connectivity index (χ0) is 19.1. The number of aryl methyl sites for hydroxylation is 2. The molecule has 1 aliphatic carbocycles. The van der Waals surface area contributed by atoms with E-state index in [0.717, 1.165) is 35.4 Å². The summed E-state index contributed by atoms with van der Waals surface area (Å²) in [5.74, 6) is -0.202. The highest BCUT2D eigenvalue weighted by Gasteiger charge is 2.33. The first-order valence-electron chi connectivity index (χ1n) is 9.05.